The molecule has 2 aliphatic heterocycles. The van der Waals surface area contributed by atoms with Crippen molar-refractivity contribution in [1.82, 2.24) is 0 Å². The first-order valence-electron chi connectivity index (χ1n) is 25.3. The van der Waals surface area contributed by atoms with Gasteiger partial charge in [0.2, 0.25) is 0 Å². The molecule has 66 heavy (non-hydrogen) atoms. The van der Waals surface area contributed by atoms with E-state index in [0.717, 1.165) is 0 Å². The topological polar surface area (TPSA) is 13.0 Å². The molecule has 2 heterocycles. The number of rotatable bonds is 13. The molecule has 0 radical (unpaired) electrons. The van der Waals surface area contributed by atoms with Gasteiger partial charge in [-0.3, -0.25) is 0 Å². The second kappa shape index (κ2) is 18.7. The average molecular weight is 879 g/mol. The van der Waals surface area contributed by atoms with Crippen LogP contribution in [0, 0.1) is 0 Å². The van der Waals surface area contributed by atoms with Crippen LogP contribution in [0.4, 0.5) is 45.5 Å². The van der Waals surface area contributed by atoms with Gasteiger partial charge in [0.25, 0.3) is 0 Å². The second-order valence-corrected chi connectivity index (χ2v) is 21.9. The van der Waals surface area contributed by atoms with Crippen molar-refractivity contribution in [2.75, 3.05) is 19.6 Å². The summed E-state index contributed by atoms with van der Waals surface area (Å²) in [6.45, 7) is 37.3. The molecule has 0 atom stereocenters. The van der Waals surface area contributed by atoms with Crippen molar-refractivity contribution in [3.8, 4) is 0 Å². The lowest BCUT2D eigenvalue weighted by Crippen LogP contribution is -2.58. The van der Waals surface area contributed by atoms with E-state index < -0.39 is 0 Å². The van der Waals surface area contributed by atoms with Crippen LogP contribution in [0.5, 0.6) is 0 Å². The van der Waals surface area contributed by atoms with Crippen molar-refractivity contribution in [3.63, 3.8) is 0 Å². The summed E-state index contributed by atoms with van der Waals surface area (Å²) in [4.78, 5) is 10.8. The average Bonchev–Trinajstić information content (AvgIpc) is 3.80. The number of benzene rings is 6. The highest BCUT2D eigenvalue weighted by atomic mass is 15.5. The van der Waals surface area contributed by atoms with E-state index in [-0.39, 0.29) is 12.3 Å². The Kier molecular flexibility index (Phi) is 13.3. The van der Waals surface area contributed by atoms with E-state index in [1.165, 1.54) is 90.0 Å². The minimum atomic E-state index is -0.218. The molecule has 4 nitrogen and oxygen atoms in total. The minimum Gasteiger partial charge on any atom is -0.314 e. The van der Waals surface area contributed by atoms with E-state index in [2.05, 4.69) is 252 Å². The smallest absolute Gasteiger partial charge is 0.151 e. The molecule has 0 N–H and O–H groups in total. The van der Waals surface area contributed by atoms with E-state index in [0.29, 0.717) is 47.3 Å². The molecule has 0 bridgehead atoms. The summed E-state index contributed by atoms with van der Waals surface area (Å²) in [6.07, 6.45) is -0.437. The van der Waals surface area contributed by atoms with E-state index in [9.17, 15) is 0 Å². The molecule has 4 heteroatoms. The van der Waals surface area contributed by atoms with Crippen molar-refractivity contribution in [3.05, 3.63) is 166 Å². The van der Waals surface area contributed by atoms with Gasteiger partial charge in [0.05, 0.1) is 22.7 Å². The molecule has 346 valence electrons. The first-order valence-corrected chi connectivity index (χ1v) is 25.3. The molecule has 0 spiro atoms. The van der Waals surface area contributed by atoms with Crippen LogP contribution in [0.3, 0.4) is 0 Å². The van der Waals surface area contributed by atoms with E-state index in [1.54, 1.807) is 0 Å². The van der Waals surface area contributed by atoms with Crippen LogP contribution in [0.15, 0.2) is 121 Å². The lowest BCUT2D eigenvalue weighted by molar-refractivity contribution is 0.549. The summed E-state index contributed by atoms with van der Waals surface area (Å²) in [5.74, 6) is 3.18. The standard InChI is InChI=1S/C62H78N4/c1-37(2)45-17-25-49(26-18-45)63-57-33-53(41(9)10)54(42(11)12)34-58(57)64(50-27-19-46(20-28-50)38(3)4)61(63)62-65(51-29-21-47(22-30-51)39(5)6)59-35-55(43(13)14)56(44(15)16)36-60(59)66(62)52-31-23-48(24-32-52)40(7)8/h17-44,61-62H,1-16H3. The van der Waals surface area contributed by atoms with Crippen LogP contribution in [-0.2, 0) is 0 Å². The monoisotopic (exact) mass is 879 g/mol. The fourth-order valence-corrected chi connectivity index (χ4v) is 10.6. The zero-order valence-electron chi connectivity index (χ0n) is 43.1. The third-order valence-electron chi connectivity index (χ3n) is 14.6. The largest absolute Gasteiger partial charge is 0.314 e. The van der Waals surface area contributed by atoms with Crippen molar-refractivity contribution in [2.45, 2.75) is 170 Å². The molecule has 0 unspecified atom stereocenters. The maximum absolute atomic E-state index is 2.71. The highest BCUT2D eigenvalue weighted by Crippen LogP contribution is 2.58. The summed E-state index contributed by atoms with van der Waals surface area (Å²) in [5, 5.41) is 0. The molecular weight excluding hydrogens is 801 g/mol. The summed E-state index contributed by atoms with van der Waals surface area (Å²) < 4.78 is 0. The summed E-state index contributed by atoms with van der Waals surface area (Å²) in [7, 11) is 0. The van der Waals surface area contributed by atoms with E-state index >= 15 is 0 Å². The van der Waals surface area contributed by atoms with Gasteiger partial charge in [0, 0.05) is 22.7 Å². The maximum atomic E-state index is 2.71. The number of anilines is 8. The molecule has 6 aromatic carbocycles. The van der Waals surface area contributed by atoms with Crippen LogP contribution >= 0.6 is 0 Å². The normalized spacial score (nSPS) is 14.6. The molecule has 8 rings (SSSR count). The molecule has 0 aromatic heterocycles. The highest BCUT2D eigenvalue weighted by Gasteiger charge is 2.52. The molecule has 2 aliphatic rings. The fourth-order valence-electron chi connectivity index (χ4n) is 10.6. The van der Waals surface area contributed by atoms with Crippen molar-refractivity contribution < 1.29 is 0 Å². The molecule has 0 fully saturated rings. The Morgan fingerprint density at radius 3 is 0.545 bits per heavy atom. The van der Waals surface area contributed by atoms with Crippen LogP contribution in [0.25, 0.3) is 0 Å². The van der Waals surface area contributed by atoms with Gasteiger partial charge in [-0.25, -0.2) is 0 Å². The van der Waals surface area contributed by atoms with Gasteiger partial charge in [-0.05, 0) is 165 Å². The zero-order valence-corrected chi connectivity index (χ0v) is 43.1. The van der Waals surface area contributed by atoms with Gasteiger partial charge in [-0.1, -0.05) is 159 Å². The van der Waals surface area contributed by atoms with Crippen LogP contribution < -0.4 is 19.6 Å². The fraction of sp³-hybridized carbons (Fsp3) is 0.419. The Morgan fingerprint density at radius 2 is 0.409 bits per heavy atom. The van der Waals surface area contributed by atoms with Gasteiger partial charge in [0.1, 0.15) is 0 Å². The number of nitrogens with zero attached hydrogens (tertiary/aromatic N) is 4. The van der Waals surface area contributed by atoms with Gasteiger partial charge < -0.3 is 19.6 Å². The predicted octanol–water partition coefficient (Wildman–Crippen LogP) is 18.6. The first-order chi connectivity index (χ1) is 31.4. The maximum Gasteiger partial charge on any atom is 0.151 e. The Labute approximate surface area is 399 Å². The molecular formula is C62H78N4. The lowest BCUT2D eigenvalue weighted by atomic mass is 9.89. The molecule has 0 saturated carbocycles. The quantitative estimate of drug-likeness (QED) is 0.115. The second-order valence-electron chi connectivity index (χ2n) is 21.9. The predicted molar refractivity (Wildman–Crippen MR) is 287 cm³/mol. The van der Waals surface area contributed by atoms with Crippen LogP contribution in [0.2, 0.25) is 0 Å². The molecule has 0 amide bonds. The SMILES string of the molecule is CC(C)c1ccc(N2c3cc(C(C)C)c(C(C)C)cc3N(c3ccc(C(C)C)cc3)C2C2N(c3ccc(C(C)C)cc3)c3cc(C(C)C)c(C(C)C)cc3N2c2ccc(C(C)C)cc2)cc1. The van der Waals surface area contributed by atoms with Crippen molar-refractivity contribution >= 4 is 45.5 Å². The van der Waals surface area contributed by atoms with E-state index in [1.807, 2.05) is 0 Å². The Morgan fingerprint density at radius 1 is 0.242 bits per heavy atom. The van der Waals surface area contributed by atoms with Gasteiger partial charge in [0.15, 0.2) is 12.3 Å². The number of hydrogen-bond acceptors (Lipinski definition) is 4. The van der Waals surface area contributed by atoms with Crippen LogP contribution in [-0.4, -0.2) is 12.3 Å². The van der Waals surface area contributed by atoms with E-state index in [4.69, 9.17) is 0 Å². The molecule has 0 aliphatic carbocycles. The molecule has 6 aromatic rings. The van der Waals surface area contributed by atoms with Crippen molar-refractivity contribution in [2.24, 2.45) is 0 Å². The minimum absolute atomic E-state index is 0.218. The summed E-state index contributed by atoms with van der Waals surface area (Å²) in [5.41, 5.74) is 20.9. The zero-order chi connectivity index (χ0) is 47.5. The molecule has 0 saturated heterocycles. The highest BCUT2D eigenvalue weighted by molar-refractivity contribution is 5.95. The summed E-state index contributed by atoms with van der Waals surface area (Å²) >= 11 is 0. The Bertz CT molecular complexity index is 2250. The first kappa shape index (κ1) is 47.0. The third-order valence-corrected chi connectivity index (χ3v) is 14.6. The van der Waals surface area contributed by atoms with Crippen LogP contribution in [0.1, 0.15) is 203 Å². The lowest BCUT2D eigenvalue weighted by Gasteiger charge is -2.44. The Hall–Kier alpha value is -5.48. The Balaban J connectivity index is 1.52. The van der Waals surface area contributed by atoms with Crippen molar-refractivity contribution in [1.29, 1.82) is 0 Å². The third kappa shape index (κ3) is 8.55. The van der Waals surface area contributed by atoms with Gasteiger partial charge in [-0.2, -0.15) is 0 Å². The number of fused-ring (bicyclic) bond motifs is 2. The van der Waals surface area contributed by atoms with Gasteiger partial charge in [-0.15, -0.1) is 0 Å². The van der Waals surface area contributed by atoms with Gasteiger partial charge >= 0.3 is 0 Å². The number of hydrogen-bond donors (Lipinski definition) is 0. The summed E-state index contributed by atoms with van der Waals surface area (Å²) in [6, 6.07) is 48.2.